The van der Waals surface area contributed by atoms with Gasteiger partial charge in [-0.3, -0.25) is 4.79 Å². The predicted octanol–water partition coefficient (Wildman–Crippen LogP) is 4.69. The molecule has 1 amide bonds. The van der Waals surface area contributed by atoms with Crippen LogP contribution in [0, 0.1) is 18.3 Å². The molecule has 1 aliphatic heterocycles. The van der Waals surface area contributed by atoms with Crippen molar-refractivity contribution < 1.29 is 4.79 Å². The van der Waals surface area contributed by atoms with E-state index in [-0.39, 0.29) is 17.7 Å². The molecule has 4 heteroatoms. The fourth-order valence-corrected chi connectivity index (χ4v) is 8.21. The number of hydrogen-bond acceptors (Lipinski definition) is 2. The van der Waals surface area contributed by atoms with Crippen LogP contribution in [0.2, 0.25) is 13.1 Å². The molecule has 2 unspecified atom stereocenters. The molecule has 0 radical (unpaired) electrons. The van der Waals surface area contributed by atoms with E-state index in [4.69, 9.17) is 5.41 Å². The van der Waals surface area contributed by atoms with Crippen molar-refractivity contribution in [3.8, 4) is 0 Å². The third-order valence-corrected chi connectivity index (χ3v) is 9.84. The summed E-state index contributed by atoms with van der Waals surface area (Å²) in [5.41, 5.74) is 5.43. The van der Waals surface area contributed by atoms with Crippen LogP contribution in [0.5, 0.6) is 0 Å². The lowest BCUT2D eigenvalue weighted by atomic mass is 9.76. The SMILES string of the molecule is CC(=O)Nc1ccc2c(c1)[Si](C)(C)C1=CC(=N)C=CC1C2c1ccccc1C. The van der Waals surface area contributed by atoms with Crippen molar-refractivity contribution in [2.45, 2.75) is 32.9 Å². The summed E-state index contributed by atoms with van der Waals surface area (Å²) in [6, 6.07) is 15.0. The van der Waals surface area contributed by atoms with Gasteiger partial charge in [0, 0.05) is 24.4 Å². The third-order valence-electron chi connectivity index (χ3n) is 6.14. The highest BCUT2D eigenvalue weighted by atomic mass is 28.3. The molecule has 3 nitrogen and oxygen atoms in total. The molecule has 142 valence electrons. The number of rotatable bonds is 2. The Kier molecular flexibility index (Phi) is 4.46. The lowest BCUT2D eigenvalue weighted by molar-refractivity contribution is -0.114. The quantitative estimate of drug-likeness (QED) is 0.723. The van der Waals surface area contributed by atoms with E-state index in [0.29, 0.717) is 5.71 Å². The minimum atomic E-state index is -1.97. The first-order valence-corrected chi connectivity index (χ1v) is 12.8. The van der Waals surface area contributed by atoms with E-state index in [2.05, 4.69) is 73.9 Å². The number of anilines is 1. The second kappa shape index (κ2) is 6.71. The summed E-state index contributed by atoms with van der Waals surface area (Å²) in [7, 11) is -1.97. The van der Waals surface area contributed by atoms with Gasteiger partial charge < -0.3 is 10.7 Å². The van der Waals surface area contributed by atoms with Crippen LogP contribution in [-0.4, -0.2) is 19.7 Å². The Balaban J connectivity index is 1.98. The Bertz CT molecular complexity index is 1050. The Morgan fingerprint density at radius 1 is 1.11 bits per heavy atom. The van der Waals surface area contributed by atoms with E-state index >= 15 is 0 Å². The molecule has 28 heavy (non-hydrogen) atoms. The van der Waals surface area contributed by atoms with Crippen molar-refractivity contribution in [1.82, 2.24) is 0 Å². The number of nitrogens with one attached hydrogen (secondary N) is 2. The molecule has 4 rings (SSSR count). The molecule has 0 spiro atoms. The van der Waals surface area contributed by atoms with E-state index < -0.39 is 8.07 Å². The number of carbonyl (C=O) groups excluding carboxylic acids is 1. The molecule has 2 aromatic rings. The molecule has 2 aromatic carbocycles. The molecule has 0 saturated carbocycles. The topological polar surface area (TPSA) is 53.0 Å². The van der Waals surface area contributed by atoms with Gasteiger partial charge in [0.2, 0.25) is 5.91 Å². The zero-order chi connectivity index (χ0) is 20.1. The number of carbonyl (C=O) groups is 1. The average Bonchev–Trinajstić information content (AvgIpc) is 2.64. The predicted molar refractivity (Wildman–Crippen MR) is 119 cm³/mol. The molecule has 0 bridgehead atoms. The first-order valence-electron chi connectivity index (χ1n) is 9.75. The number of fused-ring (bicyclic) bond motifs is 2. The van der Waals surface area contributed by atoms with Crippen LogP contribution >= 0.6 is 0 Å². The second-order valence-corrected chi connectivity index (χ2v) is 12.7. The van der Waals surface area contributed by atoms with Gasteiger partial charge in [-0.15, -0.1) is 0 Å². The fourth-order valence-electron chi connectivity index (χ4n) is 4.81. The lowest BCUT2D eigenvalue weighted by Gasteiger charge is -2.45. The van der Waals surface area contributed by atoms with Gasteiger partial charge in [-0.25, -0.2) is 0 Å². The second-order valence-electron chi connectivity index (χ2n) is 8.38. The maximum Gasteiger partial charge on any atom is 0.221 e. The van der Waals surface area contributed by atoms with Gasteiger partial charge >= 0.3 is 0 Å². The maximum atomic E-state index is 11.6. The van der Waals surface area contributed by atoms with Gasteiger partial charge in [0.25, 0.3) is 0 Å². The Hall–Kier alpha value is -2.72. The van der Waals surface area contributed by atoms with E-state index in [1.807, 2.05) is 12.1 Å². The summed E-state index contributed by atoms with van der Waals surface area (Å²) < 4.78 is 0. The molecule has 0 fully saturated rings. The normalized spacial score (nSPS) is 22.1. The van der Waals surface area contributed by atoms with Crippen LogP contribution < -0.4 is 10.5 Å². The highest BCUT2D eigenvalue weighted by molar-refractivity contribution is 6.96. The zero-order valence-corrected chi connectivity index (χ0v) is 17.8. The van der Waals surface area contributed by atoms with Gasteiger partial charge in [0.05, 0.1) is 5.71 Å². The molecular formula is C24H26N2OSi. The van der Waals surface area contributed by atoms with Crippen molar-refractivity contribution in [2.24, 2.45) is 5.92 Å². The average molecular weight is 387 g/mol. The van der Waals surface area contributed by atoms with Crippen LogP contribution in [0.4, 0.5) is 5.69 Å². The summed E-state index contributed by atoms with van der Waals surface area (Å²) in [6.07, 6.45) is 6.27. The van der Waals surface area contributed by atoms with Gasteiger partial charge in [0.15, 0.2) is 0 Å². The highest BCUT2D eigenvalue weighted by Gasteiger charge is 2.45. The minimum absolute atomic E-state index is 0.0508. The van der Waals surface area contributed by atoms with Crippen LogP contribution in [0.25, 0.3) is 0 Å². The summed E-state index contributed by atoms with van der Waals surface area (Å²) >= 11 is 0. The van der Waals surface area contributed by atoms with Crippen LogP contribution in [-0.2, 0) is 4.79 Å². The lowest BCUT2D eigenvalue weighted by Crippen LogP contribution is -2.54. The van der Waals surface area contributed by atoms with Crippen LogP contribution in [0.3, 0.4) is 0 Å². The Morgan fingerprint density at radius 2 is 1.86 bits per heavy atom. The number of benzene rings is 2. The van der Waals surface area contributed by atoms with Crippen LogP contribution in [0.1, 0.15) is 29.5 Å². The van der Waals surface area contributed by atoms with E-state index in [9.17, 15) is 4.79 Å². The highest BCUT2D eigenvalue weighted by Crippen LogP contribution is 2.46. The standard InChI is InChI=1S/C24H26N2OSi/c1-15-7-5-6-8-19(15)24-20-11-9-17(25)13-22(20)28(3,4)23-14-18(26-16(2)27)10-12-21(23)24/h5-14,20,24-25H,1-4H3,(H,26,27). The van der Waals surface area contributed by atoms with Crippen molar-refractivity contribution in [2.75, 3.05) is 5.32 Å². The van der Waals surface area contributed by atoms with Crippen LogP contribution in [0.15, 0.2) is 65.9 Å². The number of hydrogen-bond donors (Lipinski definition) is 2. The number of allylic oxidation sites excluding steroid dienone is 4. The first kappa shape index (κ1) is 18.6. The van der Waals surface area contributed by atoms with Gasteiger partial charge in [-0.1, -0.05) is 54.7 Å². The minimum Gasteiger partial charge on any atom is -0.326 e. The number of amides is 1. The fraction of sp³-hybridized carbons (Fsp3) is 0.250. The van der Waals surface area contributed by atoms with E-state index in [1.54, 1.807) is 6.92 Å². The van der Waals surface area contributed by atoms with Gasteiger partial charge in [0.1, 0.15) is 8.07 Å². The van der Waals surface area contributed by atoms with E-state index in [0.717, 1.165) is 5.69 Å². The Labute approximate surface area is 167 Å². The van der Waals surface area contributed by atoms with E-state index in [1.165, 1.54) is 27.1 Å². The summed E-state index contributed by atoms with van der Waals surface area (Å²) in [6.45, 7) is 8.45. The molecule has 0 aromatic heterocycles. The summed E-state index contributed by atoms with van der Waals surface area (Å²) in [5.74, 6) is 0.472. The molecule has 1 aliphatic carbocycles. The third kappa shape index (κ3) is 2.98. The molecule has 2 N–H and O–H groups in total. The molecule has 0 saturated heterocycles. The van der Waals surface area contributed by atoms with Crippen molar-refractivity contribution in [1.29, 1.82) is 5.41 Å². The monoisotopic (exact) mass is 386 g/mol. The maximum absolute atomic E-state index is 11.6. The molecule has 2 atom stereocenters. The smallest absolute Gasteiger partial charge is 0.221 e. The summed E-state index contributed by atoms with van der Waals surface area (Å²) in [5, 5.41) is 13.9. The Morgan fingerprint density at radius 3 is 2.57 bits per heavy atom. The summed E-state index contributed by atoms with van der Waals surface area (Å²) in [4.78, 5) is 11.6. The number of aryl methyl sites for hydroxylation is 1. The molecule has 1 heterocycles. The van der Waals surface area contributed by atoms with Crippen molar-refractivity contribution >= 4 is 30.6 Å². The molecule has 2 aliphatic rings. The largest absolute Gasteiger partial charge is 0.326 e. The van der Waals surface area contributed by atoms with Crippen molar-refractivity contribution in [3.05, 3.63) is 82.6 Å². The molecular weight excluding hydrogens is 360 g/mol. The van der Waals surface area contributed by atoms with Crippen molar-refractivity contribution in [3.63, 3.8) is 0 Å². The first-order chi connectivity index (χ1) is 13.3. The van der Waals surface area contributed by atoms with Gasteiger partial charge in [-0.2, -0.15) is 0 Å². The van der Waals surface area contributed by atoms with Gasteiger partial charge in [-0.05, 0) is 53.1 Å². The zero-order valence-electron chi connectivity index (χ0n) is 16.8.